The Hall–Kier alpha value is -1.94. The van der Waals surface area contributed by atoms with Crippen molar-refractivity contribution in [2.24, 2.45) is 5.92 Å². The molecule has 0 fully saturated rings. The molecule has 0 radical (unpaired) electrons. The van der Waals surface area contributed by atoms with Gasteiger partial charge in [0.15, 0.2) is 12.2 Å². The number of rotatable bonds is 89. The summed E-state index contributed by atoms with van der Waals surface area (Å²) in [6, 6.07) is 0. The second-order valence-electron chi connectivity index (χ2n) is 32.5. The number of carbonyl (C=O) groups is 4. The van der Waals surface area contributed by atoms with Crippen LogP contribution in [0, 0.1) is 5.92 Å². The van der Waals surface area contributed by atoms with Crippen molar-refractivity contribution >= 4 is 39.5 Å². The molecule has 3 N–H and O–H groups in total. The van der Waals surface area contributed by atoms with Crippen molar-refractivity contribution in [2.45, 2.75) is 502 Å². The maximum absolute atomic E-state index is 13.2. The third-order valence-electron chi connectivity index (χ3n) is 21.0. The van der Waals surface area contributed by atoms with Crippen molar-refractivity contribution < 1.29 is 80.2 Å². The number of aliphatic hydroxyl groups excluding tert-OH is 1. The zero-order chi connectivity index (χ0) is 79.0. The average molecular weight is 1580 g/mol. The monoisotopic (exact) mass is 1580 g/mol. The van der Waals surface area contributed by atoms with Gasteiger partial charge in [0, 0.05) is 25.7 Å². The number of phosphoric ester groups is 2. The van der Waals surface area contributed by atoms with Crippen molar-refractivity contribution in [1.82, 2.24) is 0 Å². The lowest BCUT2D eigenvalue weighted by Crippen LogP contribution is -2.30. The topological polar surface area (TPSA) is 237 Å². The van der Waals surface area contributed by atoms with E-state index in [1.54, 1.807) is 0 Å². The minimum atomic E-state index is -4.97. The fourth-order valence-electron chi connectivity index (χ4n) is 14.0. The summed E-state index contributed by atoms with van der Waals surface area (Å²) in [6.07, 6.45) is 76.6. The fourth-order valence-corrected chi connectivity index (χ4v) is 15.6. The lowest BCUT2D eigenvalue weighted by Gasteiger charge is -2.21. The Labute approximate surface area is 664 Å². The number of esters is 4. The third-order valence-corrected chi connectivity index (χ3v) is 22.9. The molecule has 0 saturated carbocycles. The molecule has 0 saturated heterocycles. The Morgan fingerprint density at radius 2 is 0.426 bits per heavy atom. The summed E-state index contributed by atoms with van der Waals surface area (Å²) in [5.41, 5.74) is 0. The van der Waals surface area contributed by atoms with Crippen LogP contribution in [0.4, 0.5) is 0 Å². The van der Waals surface area contributed by atoms with Gasteiger partial charge in [-0.25, -0.2) is 9.13 Å². The van der Waals surface area contributed by atoms with Crippen LogP contribution in [0.25, 0.3) is 0 Å². The highest BCUT2D eigenvalue weighted by Gasteiger charge is 2.30. The Morgan fingerprint density at radius 3 is 0.630 bits per heavy atom. The molecule has 17 nitrogen and oxygen atoms in total. The summed E-state index contributed by atoms with van der Waals surface area (Å²) in [5.74, 6) is -1.33. The fraction of sp³-hybridized carbons (Fsp3) is 0.955. The van der Waals surface area contributed by atoms with E-state index in [0.29, 0.717) is 25.7 Å². The molecule has 0 aromatic rings. The molecule has 19 heteroatoms. The molecule has 0 aliphatic heterocycles. The minimum absolute atomic E-state index is 0.107. The predicted molar refractivity (Wildman–Crippen MR) is 446 cm³/mol. The van der Waals surface area contributed by atoms with E-state index in [1.807, 2.05) is 0 Å². The molecule has 0 rings (SSSR count). The van der Waals surface area contributed by atoms with Gasteiger partial charge in [0.2, 0.25) is 0 Å². The zero-order valence-electron chi connectivity index (χ0n) is 71.0. The molecule has 108 heavy (non-hydrogen) atoms. The van der Waals surface area contributed by atoms with Crippen LogP contribution in [-0.4, -0.2) is 96.7 Å². The molecular weight excluding hydrogens is 1400 g/mol. The van der Waals surface area contributed by atoms with Gasteiger partial charge >= 0.3 is 39.5 Å². The van der Waals surface area contributed by atoms with Gasteiger partial charge in [0.1, 0.15) is 19.3 Å². The van der Waals surface area contributed by atoms with Gasteiger partial charge in [-0.15, -0.1) is 0 Å². The van der Waals surface area contributed by atoms with Crippen LogP contribution in [0.2, 0.25) is 0 Å². The molecule has 0 bridgehead atoms. The van der Waals surface area contributed by atoms with Crippen molar-refractivity contribution in [3.05, 3.63) is 0 Å². The van der Waals surface area contributed by atoms with E-state index in [-0.39, 0.29) is 25.7 Å². The number of aliphatic hydroxyl groups is 1. The van der Waals surface area contributed by atoms with Crippen LogP contribution in [0.15, 0.2) is 0 Å². The minimum Gasteiger partial charge on any atom is -0.462 e. The van der Waals surface area contributed by atoms with E-state index in [4.69, 9.17) is 37.0 Å². The first kappa shape index (κ1) is 106. The smallest absolute Gasteiger partial charge is 0.462 e. The van der Waals surface area contributed by atoms with Crippen LogP contribution in [0.5, 0.6) is 0 Å². The van der Waals surface area contributed by atoms with Gasteiger partial charge < -0.3 is 33.8 Å². The van der Waals surface area contributed by atoms with Gasteiger partial charge in [0.05, 0.1) is 26.4 Å². The molecule has 0 aromatic heterocycles. The standard InChI is InChI=1S/C89H174O17P2/c1-6-9-12-15-18-21-24-26-28-30-32-34-36-38-40-42-44-49-54-59-64-69-74-88(93)105-85(79-100-87(92)73-68-63-58-53-48-43-41-39-37-35-33-31-29-27-25-22-19-16-13-10-7-2)81-104-108(97,98)102-77-83(90)76-101-107(95,96)103-80-84(78-99-86(91)72-67-62-57-52-46-23-20-17-14-11-8-3)106-89(94)75-70-65-60-55-50-45-47-51-56-61-66-71-82(4)5/h82-85,90H,6-81H2,1-5H3,(H,95,96)(H,97,98)/t83-,84+,85+/m0/s1. The first-order valence-electron chi connectivity index (χ1n) is 46.1. The highest BCUT2D eigenvalue weighted by molar-refractivity contribution is 7.47. The van der Waals surface area contributed by atoms with Gasteiger partial charge in [-0.3, -0.25) is 37.3 Å². The largest absolute Gasteiger partial charge is 0.472 e. The summed E-state index contributed by atoms with van der Waals surface area (Å²) < 4.78 is 69.0. The van der Waals surface area contributed by atoms with Crippen LogP contribution < -0.4 is 0 Å². The van der Waals surface area contributed by atoms with Gasteiger partial charge in [-0.2, -0.15) is 0 Å². The van der Waals surface area contributed by atoms with Crippen LogP contribution in [-0.2, 0) is 65.4 Å². The molecule has 2 unspecified atom stereocenters. The molecule has 0 heterocycles. The second kappa shape index (κ2) is 81.6. The molecule has 0 aromatic carbocycles. The number of carbonyl (C=O) groups excluding carboxylic acids is 4. The normalized spacial score (nSPS) is 13.7. The summed E-state index contributed by atoms with van der Waals surface area (Å²) in [5, 5.41) is 10.7. The quantitative estimate of drug-likeness (QED) is 0.0222. The van der Waals surface area contributed by atoms with Gasteiger partial charge in [-0.1, -0.05) is 433 Å². The molecule has 0 spiro atoms. The summed E-state index contributed by atoms with van der Waals surface area (Å²) in [7, 11) is -9.93. The van der Waals surface area contributed by atoms with Crippen LogP contribution in [0.1, 0.15) is 484 Å². The van der Waals surface area contributed by atoms with E-state index in [1.165, 1.54) is 308 Å². The maximum atomic E-state index is 13.2. The molecule has 0 aliphatic carbocycles. The first-order valence-corrected chi connectivity index (χ1v) is 49.1. The van der Waals surface area contributed by atoms with E-state index in [2.05, 4.69) is 34.6 Å². The lowest BCUT2D eigenvalue weighted by atomic mass is 10.0. The zero-order valence-corrected chi connectivity index (χ0v) is 72.8. The Morgan fingerprint density at radius 1 is 0.250 bits per heavy atom. The maximum Gasteiger partial charge on any atom is 0.472 e. The van der Waals surface area contributed by atoms with Crippen molar-refractivity contribution in [2.75, 3.05) is 39.6 Å². The molecule has 0 aliphatic rings. The Bertz CT molecular complexity index is 2050. The number of unbranched alkanes of at least 4 members (excludes halogenated alkanes) is 61. The second-order valence-corrected chi connectivity index (χ2v) is 35.4. The van der Waals surface area contributed by atoms with Crippen LogP contribution >= 0.6 is 15.6 Å². The van der Waals surface area contributed by atoms with E-state index < -0.39 is 97.5 Å². The molecular formula is C89H174O17P2. The summed E-state index contributed by atoms with van der Waals surface area (Å²) >= 11 is 0. The number of ether oxygens (including phenoxy) is 4. The highest BCUT2D eigenvalue weighted by atomic mass is 31.2. The summed E-state index contributed by atoms with van der Waals surface area (Å²) in [6.45, 7) is 7.37. The molecule has 5 atom stereocenters. The Kier molecular flexibility index (Phi) is 80.2. The number of hydrogen-bond donors (Lipinski definition) is 3. The van der Waals surface area contributed by atoms with E-state index >= 15 is 0 Å². The third kappa shape index (κ3) is 82.1. The lowest BCUT2D eigenvalue weighted by molar-refractivity contribution is -0.161. The molecule has 0 amide bonds. The van der Waals surface area contributed by atoms with Crippen LogP contribution in [0.3, 0.4) is 0 Å². The highest BCUT2D eigenvalue weighted by Crippen LogP contribution is 2.45. The van der Waals surface area contributed by atoms with Crippen molar-refractivity contribution in [3.8, 4) is 0 Å². The first-order chi connectivity index (χ1) is 52.5. The molecule has 642 valence electrons. The average Bonchev–Trinajstić information content (AvgIpc) is 0.898. The predicted octanol–water partition coefficient (Wildman–Crippen LogP) is 27.5. The van der Waals surface area contributed by atoms with Crippen molar-refractivity contribution in [3.63, 3.8) is 0 Å². The van der Waals surface area contributed by atoms with Gasteiger partial charge in [-0.05, 0) is 31.6 Å². The van der Waals surface area contributed by atoms with E-state index in [9.17, 15) is 43.2 Å². The number of hydrogen-bond acceptors (Lipinski definition) is 15. The number of phosphoric acid groups is 2. The summed E-state index contributed by atoms with van der Waals surface area (Å²) in [4.78, 5) is 73.3. The van der Waals surface area contributed by atoms with Gasteiger partial charge in [0.25, 0.3) is 0 Å². The Balaban J connectivity index is 5.21. The SMILES string of the molecule is CCCCCCCCCCCCCCCCCCCCCCCCC(=O)O[C@H](COC(=O)CCCCCCCCCCCCCCCCCCCCCCC)COP(=O)(O)OC[C@@H](O)COP(=O)(O)OC[C@@H](COC(=O)CCCCCCCCCCCCC)OC(=O)CCCCCCCCCCCCCC(C)C. The van der Waals surface area contributed by atoms with E-state index in [0.717, 1.165) is 95.8 Å². The van der Waals surface area contributed by atoms with Crippen molar-refractivity contribution in [1.29, 1.82) is 0 Å².